The highest BCUT2D eigenvalue weighted by Gasteiger charge is 2.32. The lowest BCUT2D eigenvalue weighted by molar-refractivity contribution is 0.188. The summed E-state index contributed by atoms with van der Waals surface area (Å²) in [7, 11) is -2.84. The van der Waals surface area contributed by atoms with Gasteiger partial charge in [0.05, 0.1) is 23.9 Å². The van der Waals surface area contributed by atoms with Crippen molar-refractivity contribution in [1.29, 1.82) is 0 Å². The van der Waals surface area contributed by atoms with E-state index in [0.29, 0.717) is 36.1 Å². The van der Waals surface area contributed by atoms with Crippen molar-refractivity contribution in [1.82, 2.24) is 19.8 Å². The van der Waals surface area contributed by atoms with Gasteiger partial charge in [0.2, 0.25) is 0 Å². The molecular weight excluding hydrogens is 350 g/mol. The first-order chi connectivity index (χ1) is 12.5. The summed E-state index contributed by atoms with van der Waals surface area (Å²) in [6, 6.07) is 0.927. The van der Waals surface area contributed by atoms with E-state index in [-0.39, 0.29) is 5.92 Å². The number of aliphatic imine (C=N–C) groups is 1. The molecule has 3 unspecified atom stereocenters. The Morgan fingerprint density at radius 2 is 2.15 bits per heavy atom. The summed E-state index contributed by atoms with van der Waals surface area (Å²) in [5, 5.41) is 3.59. The standard InChI is InChI=1S/C18H29N5O2S/c1-14-4-7-22(11-17(14)23-8-6-19-13-23)18(21-16-2-3-16)20-10-15-5-9-26(24,25)12-15/h6,8,13-17H,2-5,7,9-12H2,1H3,(H,20,21). The first-order valence-corrected chi connectivity index (χ1v) is 11.6. The quantitative estimate of drug-likeness (QED) is 0.630. The Balaban J connectivity index is 1.46. The topological polar surface area (TPSA) is 79.6 Å². The normalized spacial score (nSPS) is 32.0. The highest BCUT2D eigenvalue weighted by atomic mass is 32.2. The number of sulfone groups is 1. The van der Waals surface area contributed by atoms with Crippen LogP contribution in [0.3, 0.4) is 0 Å². The highest BCUT2D eigenvalue weighted by molar-refractivity contribution is 7.91. The largest absolute Gasteiger partial charge is 0.354 e. The Kier molecular flexibility index (Phi) is 4.94. The molecular formula is C18H29N5O2S. The van der Waals surface area contributed by atoms with Gasteiger partial charge in [-0.2, -0.15) is 0 Å². The van der Waals surface area contributed by atoms with Crippen LogP contribution in [0, 0.1) is 11.8 Å². The third kappa shape index (κ3) is 4.22. The number of rotatable bonds is 4. The summed E-state index contributed by atoms with van der Waals surface area (Å²) in [5.41, 5.74) is 0. The van der Waals surface area contributed by atoms with Gasteiger partial charge < -0.3 is 14.8 Å². The number of imidazole rings is 1. The molecule has 4 rings (SSSR count). The molecule has 1 aromatic heterocycles. The number of nitrogens with zero attached hydrogens (tertiary/aromatic N) is 4. The second-order valence-corrected chi connectivity index (χ2v) is 10.4. The molecule has 1 aliphatic carbocycles. The van der Waals surface area contributed by atoms with Gasteiger partial charge in [-0.05, 0) is 37.5 Å². The van der Waals surface area contributed by atoms with Crippen LogP contribution in [0.25, 0.3) is 0 Å². The zero-order valence-electron chi connectivity index (χ0n) is 15.4. The lowest BCUT2D eigenvalue weighted by atomic mass is 9.93. The van der Waals surface area contributed by atoms with Gasteiger partial charge in [-0.25, -0.2) is 13.4 Å². The van der Waals surface area contributed by atoms with Crippen LogP contribution < -0.4 is 5.32 Å². The van der Waals surface area contributed by atoms with Gasteiger partial charge in [0.25, 0.3) is 0 Å². The molecule has 2 saturated heterocycles. The van der Waals surface area contributed by atoms with E-state index in [4.69, 9.17) is 4.99 Å². The van der Waals surface area contributed by atoms with E-state index in [9.17, 15) is 8.42 Å². The van der Waals surface area contributed by atoms with Crippen LogP contribution in [0.1, 0.15) is 38.6 Å². The summed E-state index contributed by atoms with van der Waals surface area (Å²) < 4.78 is 25.6. The van der Waals surface area contributed by atoms with Crippen molar-refractivity contribution in [3.05, 3.63) is 18.7 Å². The zero-order chi connectivity index (χ0) is 18.1. The average molecular weight is 380 g/mol. The number of nitrogens with one attached hydrogen (secondary N) is 1. The van der Waals surface area contributed by atoms with E-state index in [1.54, 1.807) is 0 Å². The third-order valence-electron chi connectivity index (χ3n) is 5.86. The second-order valence-electron chi connectivity index (χ2n) is 8.14. The Labute approximate surface area is 155 Å². The molecule has 3 aliphatic rings. The maximum atomic E-state index is 11.7. The molecule has 3 heterocycles. The maximum absolute atomic E-state index is 11.7. The van der Waals surface area contributed by atoms with E-state index in [2.05, 4.69) is 26.7 Å². The van der Waals surface area contributed by atoms with Gasteiger partial charge in [-0.15, -0.1) is 0 Å². The monoisotopic (exact) mass is 379 g/mol. The molecule has 144 valence electrons. The van der Waals surface area contributed by atoms with E-state index in [0.717, 1.165) is 31.9 Å². The van der Waals surface area contributed by atoms with Crippen LogP contribution >= 0.6 is 0 Å². The van der Waals surface area contributed by atoms with Crippen molar-refractivity contribution in [2.75, 3.05) is 31.1 Å². The molecule has 1 N–H and O–H groups in total. The van der Waals surface area contributed by atoms with Crippen molar-refractivity contribution in [3.8, 4) is 0 Å². The molecule has 0 radical (unpaired) electrons. The molecule has 1 saturated carbocycles. The Morgan fingerprint density at radius 1 is 1.31 bits per heavy atom. The molecule has 26 heavy (non-hydrogen) atoms. The molecule has 1 aromatic rings. The van der Waals surface area contributed by atoms with Crippen molar-refractivity contribution in [2.45, 2.75) is 44.7 Å². The van der Waals surface area contributed by atoms with Crippen molar-refractivity contribution in [3.63, 3.8) is 0 Å². The molecule has 0 bridgehead atoms. The van der Waals surface area contributed by atoms with E-state index in [1.165, 1.54) is 12.8 Å². The Hall–Kier alpha value is -1.57. The van der Waals surface area contributed by atoms with Crippen LogP contribution in [0.5, 0.6) is 0 Å². The molecule has 3 atom stereocenters. The van der Waals surface area contributed by atoms with Gasteiger partial charge in [0.1, 0.15) is 0 Å². The van der Waals surface area contributed by atoms with Crippen LogP contribution in [-0.2, 0) is 9.84 Å². The van der Waals surface area contributed by atoms with Crippen LogP contribution in [0.15, 0.2) is 23.7 Å². The third-order valence-corrected chi connectivity index (χ3v) is 7.70. The summed E-state index contributed by atoms with van der Waals surface area (Å²) in [5.74, 6) is 2.35. The smallest absolute Gasteiger partial charge is 0.194 e. The first-order valence-electron chi connectivity index (χ1n) is 9.74. The molecule has 3 fully saturated rings. The predicted molar refractivity (Wildman–Crippen MR) is 102 cm³/mol. The van der Waals surface area contributed by atoms with Gasteiger partial charge in [0, 0.05) is 38.1 Å². The van der Waals surface area contributed by atoms with Crippen molar-refractivity contribution < 1.29 is 8.42 Å². The molecule has 7 nitrogen and oxygen atoms in total. The lowest BCUT2D eigenvalue weighted by Gasteiger charge is -2.39. The van der Waals surface area contributed by atoms with Gasteiger partial charge in [-0.3, -0.25) is 4.99 Å². The second kappa shape index (κ2) is 7.21. The zero-order valence-corrected chi connectivity index (χ0v) is 16.2. The number of likely N-dealkylation sites (tertiary alicyclic amines) is 1. The molecule has 0 spiro atoms. The van der Waals surface area contributed by atoms with Gasteiger partial charge >= 0.3 is 0 Å². The minimum absolute atomic E-state index is 0.171. The Morgan fingerprint density at radius 3 is 2.81 bits per heavy atom. The molecule has 2 aliphatic heterocycles. The lowest BCUT2D eigenvalue weighted by Crippen LogP contribution is -2.49. The molecule has 0 aromatic carbocycles. The maximum Gasteiger partial charge on any atom is 0.194 e. The van der Waals surface area contributed by atoms with E-state index < -0.39 is 9.84 Å². The van der Waals surface area contributed by atoms with Gasteiger partial charge in [-0.1, -0.05) is 6.92 Å². The number of aromatic nitrogens is 2. The van der Waals surface area contributed by atoms with Crippen molar-refractivity contribution >= 4 is 15.8 Å². The van der Waals surface area contributed by atoms with E-state index >= 15 is 0 Å². The highest BCUT2D eigenvalue weighted by Crippen LogP contribution is 2.28. The Bertz CT molecular complexity index is 742. The fourth-order valence-corrected chi connectivity index (χ4v) is 5.82. The summed E-state index contributed by atoms with van der Waals surface area (Å²) in [6.07, 6.45) is 10.0. The summed E-state index contributed by atoms with van der Waals surface area (Å²) in [6.45, 7) is 4.82. The van der Waals surface area contributed by atoms with E-state index in [1.807, 2.05) is 18.7 Å². The molecule has 8 heteroatoms. The van der Waals surface area contributed by atoms with Crippen LogP contribution in [0.2, 0.25) is 0 Å². The van der Waals surface area contributed by atoms with Gasteiger partial charge in [0.15, 0.2) is 15.8 Å². The number of piperidine rings is 1. The van der Waals surface area contributed by atoms with Crippen LogP contribution in [-0.4, -0.2) is 66.0 Å². The number of hydrogen-bond donors (Lipinski definition) is 1. The van der Waals surface area contributed by atoms with Crippen molar-refractivity contribution in [2.24, 2.45) is 16.8 Å². The SMILES string of the molecule is CC1CCN(C(=NCC2CCS(=O)(=O)C2)NC2CC2)CC1n1ccnc1. The number of hydrogen-bond acceptors (Lipinski definition) is 4. The first kappa shape index (κ1) is 17.8. The number of guanidine groups is 1. The average Bonchev–Trinajstić information content (AvgIpc) is 3.12. The minimum atomic E-state index is -2.84. The van der Waals surface area contributed by atoms with Crippen LogP contribution in [0.4, 0.5) is 0 Å². The fraction of sp³-hybridized carbons (Fsp3) is 0.778. The fourth-order valence-electron chi connectivity index (χ4n) is 3.97. The molecule has 0 amide bonds. The summed E-state index contributed by atoms with van der Waals surface area (Å²) >= 11 is 0. The minimum Gasteiger partial charge on any atom is -0.354 e. The summed E-state index contributed by atoms with van der Waals surface area (Å²) in [4.78, 5) is 11.4. The predicted octanol–water partition coefficient (Wildman–Crippen LogP) is 1.31.